The second-order valence-corrected chi connectivity index (χ2v) is 4.28. The lowest BCUT2D eigenvalue weighted by Crippen LogP contribution is -2.25. The molecule has 88 valence electrons. The molecular weight excluding hydrogens is 198 g/mol. The molecule has 0 spiro atoms. The molecule has 1 amide bonds. The zero-order chi connectivity index (χ0) is 12.0. The van der Waals surface area contributed by atoms with Gasteiger partial charge in [0.25, 0.3) is 5.91 Å². The summed E-state index contributed by atoms with van der Waals surface area (Å²) in [5, 5.41) is 2.96. The first-order chi connectivity index (χ1) is 7.65. The van der Waals surface area contributed by atoms with E-state index >= 15 is 0 Å². The lowest BCUT2D eigenvalue weighted by atomic mass is 10.1. The number of amides is 1. The van der Waals surface area contributed by atoms with Crippen LogP contribution in [0.2, 0.25) is 0 Å². The van der Waals surface area contributed by atoms with Gasteiger partial charge in [0, 0.05) is 12.1 Å². The highest BCUT2D eigenvalue weighted by Crippen LogP contribution is 2.10. The number of unbranched alkanes of at least 4 members (excludes halogenated alkanes) is 2. The summed E-state index contributed by atoms with van der Waals surface area (Å²) in [4.78, 5) is 11.8. The zero-order valence-corrected chi connectivity index (χ0v) is 10.5. The Morgan fingerprint density at radius 3 is 2.62 bits per heavy atom. The molecule has 0 aliphatic heterocycles. The number of carbonyl (C=O) groups is 1. The predicted molar refractivity (Wildman–Crippen MR) is 67.8 cm³/mol. The van der Waals surface area contributed by atoms with Crippen LogP contribution in [0.25, 0.3) is 0 Å². The fraction of sp³-hybridized carbons (Fsp3) is 0.500. The largest absolute Gasteiger partial charge is 0.352 e. The van der Waals surface area contributed by atoms with Crippen LogP contribution in [0.3, 0.4) is 0 Å². The smallest absolute Gasteiger partial charge is 0.251 e. The summed E-state index contributed by atoms with van der Waals surface area (Å²) >= 11 is 0. The standard InChI is InChI=1S/C14H21NO/c1-4-5-6-9-15-14(16)13-8-7-11(2)10-12(13)3/h7-8,10H,4-6,9H2,1-3H3,(H,15,16). The molecule has 0 saturated heterocycles. The molecule has 2 nitrogen and oxygen atoms in total. The molecule has 0 aliphatic carbocycles. The Bertz CT molecular complexity index is 358. The number of hydrogen-bond donors (Lipinski definition) is 1. The highest BCUT2D eigenvalue weighted by atomic mass is 16.1. The summed E-state index contributed by atoms with van der Waals surface area (Å²) in [5.74, 6) is 0.0496. The molecule has 0 atom stereocenters. The maximum Gasteiger partial charge on any atom is 0.251 e. The second-order valence-electron chi connectivity index (χ2n) is 4.28. The molecule has 0 aliphatic rings. The lowest BCUT2D eigenvalue weighted by Gasteiger charge is -2.08. The third-order valence-corrected chi connectivity index (χ3v) is 2.69. The number of rotatable bonds is 5. The van der Waals surface area contributed by atoms with Gasteiger partial charge in [-0.25, -0.2) is 0 Å². The Kier molecular flexibility index (Phi) is 5.03. The predicted octanol–water partition coefficient (Wildman–Crippen LogP) is 3.22. The van der Waals surface area contributed by atoms with Gasteiger partial charge in [0.15, 0.2) is 0 Å². The van der Waals surface area contributed by atoms with Crippen molar-refractivity contribution in [2.75, 3.05) is 6.54 Å². The van der Waals surface area contributed by atoms with E-state index in [1.54, 1.807) is 0 Å². The maximum atomic E-state index is 11.8. The topological polar surface area (TPSA) is 29.1 Å². The lowest BCUT2D eigenvalue weighted by molar-refractivity contribution is 0.0952. The average molecular weight is 219 g/mol. The van der Waals surface area contributed by atoms with Crippen LogP contribution in [0, 0.1) is 13.8 Å². The van der Waals surface area contributed by atoms with Gasteiger partial charge >= 0.3 is 0 Å². The summed E-state index contributed by atoms with van der Waals surface area (Å²) < 4.78 is 0. The number of hydrogen-bond acceptors (Lipinski definition) is 1. The van der Waals surface area contributed by atoms with E-state index in [1.807, 2.05) is 32.0 Å². The van der Waals surface area contributed by atoms with E-state index in [4.69, 9.17) is 0 Å². The number of carbonyl (C=O) groups excluding carboxylic acids is 1. The van der Waals surface area contributed by atoms with E-state index in [0.717, 1.165) is 24.1 Å². The van der Waals surface area contributed by atoms with E-state index in [2.05, 4.69) is 12.2 Å². The first-order valence-electron chi connectivity index (χ1n) is 6.00. The number of benzene rings is 1. The minimum Gasteiger partial charge on any atom is -0.352 e. The van der Waals surface area contributed by atoms with Crippen LogP contribution in [0.5, 0.6) is 0 Å². The molecule has 0 unspecified atom stereocenters. The van der Waals surface area contributed by atoms with Gasteiger partial charge in [-0.1, -0.05) is 37.5 Å². The molecule has 1 rings (SSSR count). The molecule has 16 heavy (non-hydrogen) atoms. The van der Waals surface area contributed by atoms with Gasteiger partial charge in [-0.15, -0.1) is 0 Å². The third-order valence-electron chi connectivity index (χ3n) is 2.69. The van der Waals surface area contributed by atoms with Crippen LogP contribution in [0.15, 0.2) is 18.2 Å². The van der Waals surface area contributed by atoms with Gasteiger partial charge in [-0.05, 0) is 31.9 Å². The Morgan fingerprint density at radius 2 is 2.00 bits per heavy atom. The fourth-order valence-corrected chi connectivity index (χ4v) is 1.74. The van der Waals surface area contributed by atoms with Crippen molar-refractivity contribution < 1.29 is 4.79 Å². The highest BCUT2D eigenvalue weighted by Gasteiger charge is 2.07. The molecule has 1 N–H and O–H groups in total. The average Bonchev–Trinajstić information content (AvgIpc) is 2.24. The van der Waals surface area contributed by atoms with E-state index in [1.165, 1.54) is 18.4 Å². The van der Waals surface area contributed by atoms with Crippen LogP contribution in [0.1, 0.15) is 47.7 Å². The Balaban J connectivity index is 2.53. The zero-order valence-electron chi connectivity index (χ0n) is 10.5. The number of nitrogens with one attached hydrogen (secondary N) is 1. The van der Waals surface area contributed by atoms with Crippen molar-refractivity contribution in [3.05, 3.63) is 34.9 Å². The van der Waals surface area contributed by atoms with Gasteiger partial charge in [-0.3, -0.25) is 4.79 Å². The van der Waals surface area contributed by atoms with Crippen molar-refractivity contribution in [1.29, 1.82) is 0 Å². The van der Waals surface area contributed by atoms with Crippen LogP contribution < -0.4 is 5.32 Å². The minimum atomic E-state index is 0.0496. The molecule has 2 heteroatoms. The van der Waals surface area contributed by atoms with Gasteiger partial charge in [0.1, 0.15) is 0 Å². The Hall–Kier alpha value is -1.31. The minimum absolute atomic E-state index is 0.0496. The van der Waals surface area contributed by atoms with Crippen molar-refractivity contribution in [3.8, 4) is 0 Å². The molecule has 0 radical (unpaired) electrons. The molecule has 1 aromatic carbocycles. The SMILES string of the molecule is CCCCCNC(=O)c1ccc(C)cc1C. The third kappa shape index (κ3) is 3.69. The van der Waals surface area contributed by atoms with Crippen molar-refractivity contribution in [2.24, 2.45) is 0 Å². The fourth-order valence-electron chi connectivity index (χ4n) is 1.74. The van der Waals surface area contributed by atoms with Crippen molar-refractivity contribution in [3.63, 3.8) is 0 Å². The molecule has 0 saturated carbocycles. The van der Waals surface area contributed by atoms with Crippen molar-refractivity contribution in [2.45, 2.75) is 40.0 Å². The summed E-state index contributed by atoms with van der Waals surface area (Å²) in [6, 6.07) is 5.93. The highest BCUT2D eigenvalue weighted by molar-refractivity contribution is 5.95. The van der Waals surface area contributed by atoms with E-state index in [0.29, 0.717) is 0 Å². The monoisotopic (exact) mass is 219 g/mol. The Labute approximate surface area is 98.1 Å². The van der Waals surface area contributed by atoms with Gasteiger partial charge in [0.2, 0.25) is 0 Å². The van der Waals surface area contributed by atoms with Crippen molar-refractivity contribution >= 4 is 5.91 Å². The molecule has 0 bridgehead atoms. The second kappa shape index (κ2) is 6.31. The Morgan fingerprint density at radius 1 is 1.25 bits per heavy atom. The van der Waals surface area contributed by atoms with Crippen LogP contribution in [-0.4, -0.2) is 12.5 Å². The summed E-state index contributed by atoms with van der Waals surface area (Å²) in [6.45, 7) is 6.95. The molecule has 0 fully saturated rings. The van der Waals surface area contributed by atoms with Gasteiger partial charge < -0.3 is 5.32 Å². The first-order valence-corrected chi connectivity index (χ1v) is 6.00. The van der Waals surface area contributed by atoms with Crippen LogP contribution >= 0.6 is 0 Å². The number of aryl methyl sites for hydroxylation is 2. The summed E-state index contributed by atoms with van der Waals surface area (Å²) in [5.41, 5.74) is 3.04. The normalized spacial score (nSPS) is 10.2. The molecule has 0 heterocycles. The summed E-state index contributed by atoms with van der Waals surface area (Å²) in [7, 11) is 0. The van der Waals surface area contributed by atoms with Crippen LogP contribution in [0.4, 0.5) is 0 Å². The quantitative estimate of drug-likeness (QED) is 0.757. The van der Waals surface area contributed by atoms with E-state index < -0.39 is 0 Å². The molecule has 0 aromatic heterocycles. The molecular formula is C14H21NO. The van der Waals surface area contributed by atoms with Crippen molar-refractivity contribution in [1.82, 2.24) is 5.32 Å². The van der Waals surface area contributed by atoms with E-state index in [-0.39, 0.29) is 5.91 Å². The first kappa shape index (κ1) is 12.8. The van der Waals surface area contributed by atoms with Crippen LogP contribution in [-0.2, 0) is 0 Å². The van der Waals surface area contributed by atoms with Gasteiger partial charge in [-0.2, -0.15) is 0 Å². The maximum absolute atomic E-state index is 11.8. The molecule has 1 aromatic rings. The summed E-state index contributed by atoms with van der Waals surface area (Å²) in [6.07, 6.45) is 3.42. The van der Waals surface area contributed by atoms with Gasteiger partial charge in [0.05, 0.1) is 0 Å². The van der Waals surface area contributed by atoms with E-state index in [9.17, 15) is 4.79 Å².